The highest BCUT2D eigenvalue weighted by Gasteiger charge is 2.23. The van der Waals surface area contributed by atoms with Crippen LogP contribution in [0.4, 0.5) is 0 Å². The summed E-state index contributed by atoms with van der Waals surface area (Å²) >= 11 is 6.33. The molecule has 7 heteroatoms. The van der Waals surface area contributed by atoms with E-state index in [4.69, 9.17) is 30.2 Å². The van der Waals surface area contributed by atoms with E-state index in [1.54, 1.807) is 32.4 Å². The molecule has 1 aromatic heterocycles. The molecule has 0 N–H and O–H groups in total. The standard InChI is InChI=1S/C26H22ClNO5/c1-30-18-8-9-19(24(12-18)31-2)20-11-16-7-10-23-21(25(16)33-26(20)29)14-28(15-32-23)13-17-5-3-4-6-22(17)27/h3-12H,13-15H2,1-2H3. The molecule has 1 aliphatic heterocycles. The third kappa shape index (κ3) is 4.03. The third-order valence-electron chi connectivity index (χ3n) is 5.80. The molecule has 0 atom stereocenters. The smallest absolute Gasteiger partial charge is 0.344 e. The largest absolute Gasteiger partial charge is 0.497 e. The van der Waals surface area contributed by atoms with E-state index in [-0.39, 0.29) is 0 Å². The summed E-state index contributed by atoms with van der Waals surface area (Å²) < 4.78 is 22.6. The van der Waals surface area contributed by atoms with E-state index in [1.165, 1.54) is 0 Å². The molecule has 6 nitrogen and oxygen atoms in total. The Labute approximate surface area is 195 Å². The zero-order valence-corrected chi connectivity index (χ0v) is 19.0. The molecule has 1 aliphatic rings. The molecule has 0 spiro atoms. The lowest BCUT2D eigenvalue weighted by Crippen LogP contribution is -2.31. The van der Waals surface area contributed by atoms with Gasteiger partial charge >= 0.3 is 5.63 Å². The molecular weight excluding hydrogens is 442 g/mol. The number of benzene rings is 3. The van der Waals surface area contributed by atoms with Crippen LogP contribution in [0.5, 0.6) is 17.2 Å². The maximum atomic E-state index is 13.0. The Morgan fingerprint density at radius 3 is 2.64 bits per heavy atom. The summed E-state index contributed by atoms with van der Waals surface area (Å²) in [7, 11) is 3.14. The Balaban J connectivity index is 1.54. The first kappa shape index (κ1) is 21.4. The lowest BCUT2D eigenvalue weighted by molar-refractivity contribution is 0.0890. The maximum Gasteiger partial charge on any atom is 0.344 e. The number of rotatable bonds is 5. The van der Waals surface area contributed by atoms with Crippen LogP contribution >= 0.6 is 11.6 Å². The van der Waals surface area contributed by atoms with Gasteiger partial charge in [0.1, 0.15) is 29.6 Å². The average molecular weight is 464 g/mol. The molecule has 0 saturated heterocycles. The number of fused-ring (bicyclic) bond motifs is 3. The van der Waals surface area contributed by atoms with Gasteiger partial charge in [-0.05, 0) is 42.0 Å². The van der Waals surface area contributed by atoms with Crippen molar-refractivity contribution in [3.8, 4) is 28.4 Å². The van der Waals surface area contributed by atoms with Crippen LogP contribution in [-0.2, 0) is 13.1 Å². The van der Waals surface area contributed by atoms with Crippen LogP contribution in [0.2, 0.25) is 5.02 Å². The Kier molecular flexibility index (Phi) is 5.70. The Morgan fingerprint density at radius 2 is 1.85 bits per heavy atom. The molecule has 168 valence electrons. The van der Waals surface area contributed by atoms with Gasteiger partial charge in [-0.2, -0.15) is 0 Å². The van der Waals surface area contributed by atoms with Crippen molar-refractivity contribution in [2.24, 2.45) is 0 Å². The van der Waals surface area contributed by atoms with Crippen LogP contribution in [0, 0.1) is 0 Å². The second kappa shape index (κ2) is 8.81. The summed E-state index contributed by atoms with van der Waals surface area (Å²) in [5, 5.41) is 1.52. The zero-order chi connectivity index (χ0) is 22.9. The summed E-state index contributed by atoms with van der Waals surface area (Å²) in [5.74, 6) is 1.90. The van der Waals surface area contributed by atoms with Crippen molar-refractivity contribution < 1.29 is 18.6 Å². The highest BCUT2D eigenvalue weighted by Crippen LogP contribution is 2.36. The minimum atomic E-state index is -0.442. The normalized spacial score (nSPS) is 13.4. The van der Waals surface area contributed by atoms with Crippen molar-refractivity contribution >= 4 is 22.6 Å². The van der Waals surface area contributed by atoms with Gasteiger partial charge in [-0.15, -0.1) is 0 Å². The molecule has 0 saturated carbocycles. The van der Waals surface area contributed by atoms with Crippen molar-refractivity contribution in [2.75, 3.05) is 21.0 Å². The predicted molar refractivity (Wildman–Crippen MR) is 127 cm³/mol. The number of methoxy groups -OCH3 is 2. The average Bonchev–Trinajstić information content (AvgIpc) is 2.84. The van der Waals surface area contributed by atoms with Crippen LogP contribution < -0.4 is 19.8 Å². The summed E-state index contributed by atoms with van der Waals surface area (Å²) in [4.78, 5) is 15.1. The van der Waals surface area contributed by atoms with E-state index in [0.29, 0.717) is 53.1 Å². The summed E-state index contributed by atoms with van der Waals surface area (Å²) in [5.41, 5.74) is 3.01. The molecular formula is C26H22ClNO5. The molecule has 4 aromatic rings. The van der Waals surface area contributed by atoms with Gasteiger partial charge in [0.15, 0.2) is 0 Å². The lowest BCUT2D eigenvalue weighted by atomic mass is 10.0. The second-order valence-corrected chi connectivity index (χ2v) is 8.23. The van der Waals surface area contributed by atoms with Crippen LogP contribution in [-0.4, -0.2) is 25.9 Å². The number of ether oxygens (including phenoxy) is 3. The quantitative estimate of drug-likeness (QED) is 0.365. The van der Waals surface area contributed by atoms with Crippen LogP contribution in [0.1, 0.15) is 11.1 Å². The molecule has 0 fully saturated rings. The first-order valence-electron chi connectivity index (χ1n) is 10.5. The highest BCUT2D eigenvalue weighted by atomic mass is 35.5. The molecule has 0 aliphatic carbocycles. The summed E-state index contributed by atoms with van der Waals surface area (Å²) in [6.45, 7) is 1.63. The van der Waals surface area contributed by atoms with E-state index in [0.717, 1.165) is 22.3 Å². The van der Waals surface area contributed by atoms with Crippen molar-refractivity contribution in [2.45, 2.75) is 13.1 Å². The fourth-order valence-corrected chi connectivity index (χ4v) is 4.31. The van der Waals surface area contributed by atoms with E-state index >= 15 is 0 Å². The molecule has 0 radical (unpaired) electrons. The van der Waals surface area contributed by atoms with Gasteiger partial charge in [0, 0.05) is 35.1 Å². The van der Waals surface area contributed by atoms with Crippen LogP contribution in [0.15, 0.2) is 69.9 Å². The van der Waals surface area contributed by atoms with Gasteiger partial charge in [0.05, 0.1) is 25.3 Å². The fourth-order valence-electron chi connectivity index (χ4n) is 4.12. The Hall–Kier alpha value is -3.48. The molecule has 5 rings (SSSR count). The van der Waals surface area contributed by atoms with Crippen molar-refractivity contribution in [1.82, 2.24) is 4.90 Å². The molecule has 0 amide bonds. The number of hydrogen-bond acceptors (Lipinski definition) is 6. The first-order chi connectivity index (χ1) is 16.1. The molecule has 0 unspecified atom stereocenters. The number of halogens is 1. The van der Waals surface area contributed by atoms with Crippen molar-refractivity contribution in [3.05, 3.63) is 87.2 Å². The van der Waals surface area contributed by atoms with Crippen molar-refractivity contribution in [1.29, 1.82) is 0 Å². The molecule has 3 aromatic carbocycles. The van der Waals surface area contributed by atoms with E-state index in [2.05, 4.69) is 4.90 Å². The summed E-state index contributed by atoms with van der Waals surface area (Å²) in [6, 6.07) is 18.7. The van der Waals surface area contributed by atoms with Gasteiger partial charge in [-0.1, -0.05) is 29.8 Å². The van der Waals surface area contributed by atoms with Gasteiger partial charge in [0.25, 0.3) is 0 Å². The van der Waals surface area contributed by atoms with E-state index in [1.807, 2.05) is 42.5 Å². The monoisotopic (exact) mass is 463 g/mol. The maximum absolute atomic E-state index is 13.0. The Morgan fingerprint density at radius 1 is 1.00 bits per heavy atom. The van der Waals surface area contributed by atoms with Gasteiger partial charge in [-0.3, -0.25) is 4.90 Å². The van der Waals surface area contributed by atoms with E-state index < -0.39 is 5.63 Å². The molecule has 0 bridgehead atoms. The zero-order valence-electron chi connectivity index (χ0n) is 18.3. The topological polar surface area (TPSA) is 61.1 Å². The fraction of sp³-hybridized carbons (Fsp3) is 0.192. The second-order valence-electron chi connectivity index (χ2n) is 7.83. The van der Waals surface area contributed by atoms with Gasteiger partial charge in [-0.25, -0.2) is 4.79 Å². The number of nitrogens with zero attached hydrogens (tertiary/aromatic N) is 1. The van der Waals surface area contributed by atoms with Crippen LogP contribution in [0.25, 0.3) is 22.1 Å². The van der Waals surface area contributed by atoms with Gasteiger partial charge in [0.2, 0.25) is 0 Å². The minimum Gasteiger partial charge on any atom is -0.497 e. The van der Waals surface area contributed by atoms with E-state index in [9.17, 15) is 4.79 Å². The minimum absolute atomic E-state index is 0.423. The lowest BCUT2D eigenvalue weighted by Gasteiger charge is -2.29. The van der Waals surface area contributed by atoms with Crippen LogP contribution in [0.3, 0.4) is 0 Å². The highest BCUT2D eigenvalue weighted by molar-refractivity contribution is 6.31. The molecule has 33 heavy (non-hydrogen) atoms. The predicted octanol–water partition coefficient (Wildman–Crippen LogP) is 5.48. The van der Waals surface area contributed by atoms with Gasteiger partial charge < -0.3 is 18.6 Å². The molecule has 2 heterocycles. The summed E-state index contributed by atoms with van der Waals surface area (Å²) in [6.07, 6.45) is 0. The third-order valence-corrected chi connectivity index (χ3v) is 6.17. The van der Waals surface area contributed by atoms with Crippen molar-refractivity contribution in [3.63, 3.8) is 0 Å². The Bertz CT molecular complexity index is 1400. The SMILES string of the molecule is COc1ccc(-c2cc3ccc4c(c3oc2=O)CN(Cc2ccccc2Cl)CO4)c(OC)c1. The number of hydrogen-bond donors (Lipinski definition) is 0. The first-order valence-corrected chi connectivity index (χ1v) is 10.9.